The molecule has 1 saturated carbocycles. The van der Waals surface area contributed by atoms with Gasteiger partial charge < -0.3 is 10.4 Å². The standard InChI is InChI=1S/C23H21F2N5O4/c1-11(12-2-3-12)27-23(34)16-10-30(22-17(25)6-13(24)8-26-22)21-15(20(16)33)4-5-18(28-21)29-9-14(31)7-19(29)32/h4-6,8,10-12,14,31H,2-3,7,9H2,1H3,(H,27,34)/t11-,14+/m1/s1. The minimum absolute atomic E-state index is 0.00630. The summed E-state index contributed by atoms with van der Waals surface area (Å²) < 4.78 is 29.3. The molecule has 0 aromatic carbocycles. The Bertz CT molecular complexity index is 1390. The fourth-order valence-corrected chi connectivity index (χ4v) is 4.16. The second-order valence-electron chi connectivity index (χ2n) is 8.70. The first kappa shape index (κ1) is 22.1. The number of anilines is 1. The molecule has 0 radical (unpaired) electrons. The lowest BCUT2D eigenvalue weighted by Gasteiger charge is -2.18. The zero-order valence-corrected chi connectivity index (χ0v) is 18.2. The molecular formula is C23H21F2N5O4. The summed E-state index contributed by atoms with van der Waals surface area (Å²) in [6, 6.07) is 3.31. The summed E-state index contributed by atoms with van der Waals surface area (Å²) in [5.74, 6) is -2.78. The number of hydrogen-bond donors (Lipinski definition) is 2. The molecule has 1 aliphatic heterocycles. The Kier molecular flexibility index (Phi) is 5.35. The van der Waals surface area contributed by atoms with Gasteiger partial charge in [-0.2, -0.15) is 0 Å². The number of β-amino-alcohol motifs (C(OH)–C–C–N with tert-alkyl or cyclic N) is 1. The second-order valence-corrected chi connectivity index (χ2v) is 8.70. The molecular weight excluding hydrogens is 448 g/mol. The van der Waals surface area contributed by atoms with Gasteiger partial charge in [0.2, 0.25) is 11.3 Å². The van der Waals surface area contributed by atoms with Crippen LogP contribution in [0.2, 0.25) is 0 Å². The Morgan fingerprint density at radius 1 is 1.26 bits per heavy atom. The van der Waals surface area contributed by atoms with Crippen molar-refractivity contribution in [3.05, 3.63) is 58.0 Å². The van der Waals surface area contributed by atoms with Crippen LogP contribution in [0.25, 0.3) is 16.9 Å². The van der Waals surface area contributed by atoms with Crippen molar-refractivity contribution < 1.29 is 23.5 Å². The molecule has 4 heterocycles. The highest BCUT2D eigenvalue weighted by Crippen LogP contribution is 2.32. The van der Waals surface area contributed by atoms with E-state index in [4.69, 9.17) is 0 Å². The van der Waals surface area contributed by atoms with Gasteiger partial charge in [-0.25, -0.2) is 18.7 Å². The van der Waals surface area contributed by atoms with Gasteiger partial charge in [0.15, 0.2) is 17.3 Å². The van der Waals surface area contributed by atoms with Gasteiger partial charge >= 0.3 is 0 Å². The Labute approximate surface area is 192 Å². The van der Waals surface area contributed by atoms with Gasteiger partial charge in [-0.05, 0) is 37.8 Å². The summed E-state index contributed by atoms with van der Waals surface area (Å²) in [4.78, 5) is 47.8. The van der Waals surface area contributed by atoms with E-state index in [1.807, 2.05) is 6.92 Å². The fraction of sp³-hybridized carbons (Fsp3) is 0.348. The average molecular weight is 469 g/mol. The molecule has 0 spiro atoms. The maximum absolute atomic E-state index is 14.7. The first-order valence-electron chi connectivity index (χ1n) is 10.9. The molecule has 5 rings (SSSR count). The van der Waals surface area contributed by atoms with Crippen molar-refractivity contribution in [2.45, 2.75) is 38.3 Å². The second kappa shape index (κ2) is 8.24. The lowest BCUT2D eigenvalue weighted by atomic mass is 10.1. The first-order chi connectivity index (χ1) is 16.2. The summed E-state index contributed by atoms with van der Waals surface area (Å²) in [6.45, 7) is 1.87. The van der Waals surface area contributed by atoms with Gasteiger partial charge in [-0.15, -0.1) is 0 Å². The Hall–Kier alpha value is -3.73. The average Bonchev–Trinajstić information content (AvgIpc) is 3.58. The fourth-order valence-electron chi connectivity index (χ4n) is 4.16. The third-order valence-corrected chi connectivity index (χ3v) is 6.17. The van der Waals surface area contributed by atoms with Gasteiger partial charge in [-0.3, -0.25) is 23.9 Å². The van der Waals surface area contributed by atoms with Gasteiger partial charge in [0.05, 0.1) is 30.7 Å². The van der Waals surface area contributed by atoms with Gasteiger partial charge in [0.25, 0.3) is 5.91 Å². The molecule has 2 atom stereocenters. The minimum atomic E-state index is -1.03. The van der Waals surface area contributed by atoms with Crippen LogP contribution in [0.3, 0.4) is 0 Å². The molecule has 1 saturated heterocycles. The summed E-state index contributed by atoms with van der Waals surface area (Å²) in [7, 11) is 0. The normalized spacial score (nSPS) is 19.0. The molecule has 2 N–H and O–H groups in total. The van der Waals surface area contributed by atoms with Crippen molar-refractivity contribution in [3.8, 4) is 5.82 Å². The number of nitrogens with zero attached hydrogens (tertiary/aromatic N) is 4. The lowest BCUT2D eigenvalue weighted by Crippen LogP contribution is -2.37. The highest BCUT2D eigenvalue weighted by Gasteiger charge is 2.32. The largest absolute Gasteiger partial charge is 0.391 e. The van der Waals surface area contributed by atoms with Crippen LogP contribution in [-0.2, 0) is 4.79 Å². The molecule has 3 aromatic rings. The number of nitrogens with one attached hydrogen (secondary N) is 1. The number of amides is 2. The van der Waals surface area contributed by atoms with E-state index >= 15 is 0 Å². The van der Waals surface area contributed by atoms with Crippen LogP contribution in [-0.4, -0.2) is 50.1 Å². The van der Waals surface area contributed by atoms with Crippen LogP contribution >= 0.6 is 0 Å². The van der Waals surface area contributed by atoms with Crippen LogP contribution in [0.15, 0.2) is 35.4 Å². The maximum Gasteiger partial charge on any atom is 0.257 e. The number of rotatable bonds is 5. The summed E-state index contributed by atoms with van der Waals surface area (Å²) in [5, 5.41) is 12.6. The van der Waals surface area contributed by atoms with E-state index in [2.05, 4.69) is 15.3 Å². The maximum atomic E-state index is 14.7. The van der Waals surface area contributed by atoms with Crippen molar-refractivity contribution in [2.75, 3.05) is 11.4 Å². The molecule has 3 aromatic heterocycles. The number of aromatic nitrogens is 3. The van der Waals surface area contributed by atoms with Crippen molar-refractivity contribution in [2.24, 2.45) is 5.92 Å². The number of pyridine rings is 3. The van der Waals surface area contributed by atoms with Crippen LogP contribution in [0.4, 0.5) is 14.6 Å². The summed E-state index contributed by atoms with van der Waals surface area (Å²) in [5.41, 5.74) is -0.935. The van der Waals surface area contributed by atoms with Crippen LogP contribution in [0, 0.1) is 17.6 Å². The molecule has 2 aliphatic rings. The molecule has 9 nitrogen and oxygen atoms in total. The number of hydrogen-bond acceptors (Lipinski definition) is 6. The number of halogens is 2. The number of aliphatic hydroxyl groups excluding tert-OH is 1. The van der Waals surface area contributed by atoms with E-state index in [1.165, 1.54) is 17.0 Å². The summed E-state index contributed by atoms with van der Waals surface area (Å²) >= 11 is 0. The monoisotopic (exact) mass is 469 g/mol. The van der Waals surface area contributed by atoms with Crippen LogP contribution in [0.1, 0.15) is 36.5 Å². The van der Waals surface area contributed by atoms with Gasteiger partial charge in [-0.1, -0.05) is 0 Å². The van der Waals surface area contributed by atoms with Crippen LogP contribution in [0.5, 0.6) is 0 Å². The molecule has 34 heavy (non-hydrogen) atoms. The van der Waals surface area contributed by atoms with Crippen molar-refractivity contribution >= 4 is 28.7 Å². The van der Waals surface area contributed by atoms with Gasteiger partial charge in [0, 0.05) is 18.3 Å². The number of aliphatic hydroxyl groups is 1. The van der Waals surface area contributed by atoms with E-state index in [0.717, 1.165) is 29.8 Å². The molecule has 11 heteroatoms. The Balaban J connectivity index is 1.69. The third kappa shape index (κ3) is 3.92. The number of carbonyl (C=O) groups excluding carboxylic acids is 2. The van der Waals surface area contributed by atoms with E-state index in [0.29, 0.717) is 12.0 Å². The Morgan fingerprint density at radius 3 is 2.68 bits per heavy atom. The zero-order chi connectivity index (χ0) is 24.1. The highest BCUT2D eigenvalue weighted by molar-refractivity contribution is 5.99. The lowest BCUT2D eigenvalue weighted by molar-refractivity contribution is -0.117. The van der Waals surface area contributed by atoms with E-state index in [9.17, 15) is 28.3 Å². The van der Waals surface area contributed by atoms with E-state index < -0.39 is 29.1 Å². The molecule has 176 valence electrons. The molecule has 2 fully saturated rings. The quantitative estimate of drug-likeness (QED) is 0.587. The van der Waals surface area contributed by atoms with Crippen molar-refractivity contribution in [1.82, 2.24) is 19.9 Å². The predicted molar refractivity (Wildman–Crippen MR) is 118 cm³/mol. The first-order valence-corrected chi connectivity index (χ1v) is 10.9. The predicted octanol–water partition coefficient (Wildman–Crippen LogP) is 1.68. The van der Waals surface area contributed by atoms with Crippen LogP contribution < -0.4 is 15.6 Å². The number of carbonyl (C=O) groups is 2. The smallest absolute Gasteiger partial charge is 0.257 e. The third-order valence-electron chi connectivity index (χ3n) is 6.17. The Morgan fingerprint density at radius 2 is 2.03 bits per heavy atom. The SMILES string of the molecule is C[C@@H](NC(=O)c1cn(-c2ncc(F)cc2F)c2nc(N3C[C@@H](O)CC3=O)ccc2c1=O)C1CC1. The van der Waals surface area contributed by atoms with Crippen molar-refractivity contribution in [3.63, 3.8) is 0 Å². The topological polar surface area (TPSA) is 117 Å². The zero-order valence-electron chi connectivity index (χ0n) is 18.2. The van der Waals surface area contributed by atoms with Crippen molar-refractivity contribution in [1.29, 1.82) is 0 Å². The molecule has 0 bridgehead atoms. The molecule has 0 unspecified atom stereocenters. The number of fused-ring (bicyclic) bond motifs is 1. The molecule has 2 amide bonds. The van der Waals surface area contributed by atoms with E-state index in [1.54, 1.807) is 0 Å². The molecule has 1 aliphatic carbocycles. The minimum Gasteiger partial charge on any atom is -0.391 e. The van der Waals surface area contributed by atoms with E-state index in [-0.39, 0.29) is 53.1 Å². The highest BCUT2D eigenvalue weighted by atomic mass is 19.1. The van der Waals surface area contributed by atoms with Gasteiger partial charge in [0.1, 0.15) is 17.2 Å². The summed E-state index contributed by atoms with van der Waals surface area (Å²) in [6.07, 6.45) is 2.99.